The average Bonchev–Trinajstić information content (AvgIpc) is 3.36. The molecule has 6 nitrogen and oxygen atoms in total. The van der Waals surface area contributed by atoms with Crippen LogP contribution in [0.15, 0.2) is 29.2 Å². The maximum atomic E-state index is 12.2. The Morgan fingerprint density at radius 3 is 2.54 bits per heavy atom. The Bertz CT molecular complexity index is 753. The van der Waals surface area contributed by atoms with E-state index in [4.69, 9.17) is 0 Å². The Kier molecular flexibility index (Phi) is 4.22. The van der Waals surface area contributed by atoms with Gasteiger partial charge in [-0.2, -0.15) is 10.2 Å². The summed E-state index contributed by atoms with van der Waals surface area (Å²) < 4.78 is 3.58. The van der Waals surface area contributed by atoms with Crippen LogP contribution in [-0.2, 0) is 13.6 Å². The highest BCUT2D eigenvalue weighted by molar-refractivity contribution is 5.13. The number of rotatable bonds is 5. The standard InChI is InChI=1S/C18H25N5O/c1-22-11-10-15(20-22)12-19-14-4-6-16(7-5-14)23-18(24)9-8-17(21-23)13-2-3-13/h8-11,13-14,16,19H,2-7,12H2,1H3. The van der Waals surface area contributed by atoms with Crippen molar-refractivity contribution in [1.29, 1.82) is 0 Å². The Hall–Kier alpha value is -1.95. The molecular formula is C18H25N5O. The molecule has 2 fully saturated rings. The van der Waals surface area contributed by atoms with Crippen molar-refractivity contribution >= 4 is 0 Å². The SMILES string of the molecule is Cn1ccc(CNC2CCC(n3nc(C4CC4)ccc3=O)CC2)n1. The summed E-state index contributed by atoms with van der Waals surface area (Å²) in [6.07, 6.45) is 8.60. The quantitative estimate of drug-likeness (QED) is 0.914. The van der Waals surface area contributed by atoms with Gasteiger partial charge in [0, 0.05) is 37.8 Å². The van der Waals surface area contributed by atoms with Crippen LogP contribution in [0.4, 0.5) is 0 Å². The van der Waals surface area contributed by atoms with E-state index in [1.807, 2.05) is 30.1 Å². The van der Waals surface area contributed by atoms with Crippen molar-refractivity contribution in [1.82, 2.24) is 24.9 Å². The molecule has 1 N–H and O–H groups in total. The zero-order valence-electron chi connectivity index (χ0n) is 14.2. The molecule has 6 heteroatoms. The molecule has 0 aromatic carbocycles. The molecular weight excluding hydrogens is 302 g/mol. The highest BCUT2D eigenvalue weighted by Crippen LogP contribution is 2.38. The van der Waals surface area contributed by atoms with E-state index >= 15 is 0 Å². The van der Waals surface area contributed by atoms with Crippen LogP contribution in [0.3, 0.4) is 0 Å². The normalized spacial score (nSPS) is 24.2. The first-order valence-electron chi connectivity index (χ1n) is 9.01. The maximum Gasteiger partial charge on any atom is 0.267 e. The summed E-state index contributed by atoms with van der Waals surface area (Å²) in [7, 11) is 1.94. The molecule has 2 saturated carbocycles. The van der Waals surface area contributed by atoms with Crippen LogP contribution >= 0.6 is 0 Å². The van der Waals surface area contributed by atoms with Crippen LogP contribution in [0.5, 0.6) is 0 Å². The second-order valence-corrected chi connectivity index (χ2v) is 7.18. The molecule has 2 aromatic rings. The summed E-state index contributed by atoms with van der Waals surface area (Å²) in [5.41, 5.74) is 2.23. The Morgan fingerprint density at radius 1 is 1.08 bits per heavy atom. The van der Waals surface area contributed by atoms with Crippen molar-refractivity contribution in [2.75, 3.05) is 0 Å². The molecule has 0 unspecified atom stereocenters. The lowest BCUT2D eigenvalue weighted by Crippen LogP contribution is -2.36. The van der Waals surface area contributed by atoms with Gasteiger partial charge in [-0.3, -0.25) is 9.48 Å². The zero-order valence-corrected chi connectivity index (χ0v) is 14.2. The number of aryl methyl sites for hydroxylation is 1. The van der Waals surface area contributed by atoms with Crippen molar-refractivity contribution in [2.45, 2.75) is 63.1 Å². The lowest BCUT2D eigenvalue weighted by Gasteiger charge is -2.29. The maximum absolute atomic E-state index is 12.2. The van der Waals surface area contributed by atoms with Crippen molar-refractivity contribution in [3.05, 3.63) is 46.1 Å². The van der Waals surface area contributed by atoms with Gasteiger partial charge in [-0.15, -0.1) is 0 Å². The van der Waals surface area contributed by atoms with E-state index in [2.05, 4.69) is 15.5 Å². The second kappa shape index (κ2) is 6.51. The smallest absolute Gasteiger partial charge is 0.267 e. The molecule has 0 atom stereocenters. The Labute approximate surface area is 141 Å². The summed E-state index contributed by atoms with van der Waals surface area (Å²) in [6, 6.07) is 6.42. The molecule has 2 aliphatic carbocycles. The van der Waals surface area contributed by atoms with Gasteiger partial charge in [0.15, 0.2) is 0 Å². The van der Waals surface area contributed by atoms with Crippen molar-refractivity contribution in [2.24, 2.45) is 7.05 Å². The van der Waals surface area contributed by atoms with Crippen LogP contribution in [-0.4, -0.2) is 25.6 Å². The van der Waals surface area contributed by atoms with Gasteiger partial charge in [-0.05, 0) is 50.7 Å². The third-order valence-corrected chi connectivity index (χ3v) is 5.22. The predicted octanol–water partition coefficient (Wildman–Crippen LogP) is 2.13. The topological polar surface area (TPSA) is 64.7 Å². The van der Waals surface area contributed by atoms with Gasteiger partial charge in [0.25, 0.3) is 5.56 Å². The highest BCUT2D eigenvalue weighted by Gasteiger charge is 2.28. The Balaban J connectivity index is 1.34. The molecule has 0 bridgehead atoms. The number of hydrogen-bond donors (Lipinski definition) is 1. The van der Waals surface area contributed by atoms with Crippen LogP contribution in [0.1, 0.15) is 61.9 Å². The van der Waals surface area contributed by atoms with E-state index in [0.717, 1.165) is 43.6 Å². The minimum absolute atomic E-state index is 0.0456. The van der Waals surface area contributed by atoms with E-state index < -0.39 is 0 Å². The van der Waals surface area contributed by atoms with Crippen molar-refractivity contribution in [3.63, 3.8) is 0 Å². The van der Waals surface area contributed by atoms with Gasteiger partial charge in [0.05, 0.1) is 17.4 Å². The monoisotopic (exact) mass is 327 g/mol. The third-order valence-electron chi connectivity index (χ3n) is 5.22. The second-order valence-electron chi connectivity index (χ2n) is 7.18. The van der Waals surface area contributed by atoms with Crippen molar-refractivity contribution < 1.29 is 0 Å². The molecule has 0 saturated heterocycles. The number of nitrogens with zero attached hydrogens (tertiary/aromatic N) is 4. The number of nitrogens with one attached hydrogen (secondary N) is 1. The Morgan fingerprint density at radius 2 is 1.88 bits per heavy atom. The van der Waals surface area contributed by atoms with Gasteiger partial charge in [-0.25, -0.2) is 4.68 Å². The fraction of sp³-hybridized carbons (Fsp3) is 0.611. The molecule has 128 valence electrons. The van der Waals surface area contributed by atoms with Gasteiger partial charge in [-0.1, -0.05) is 0 Å². The number of aromatic nitrogens is 4. The summed E-state index contributed by atoms with van der Waals surface area (Å²) in [5, 5.41) is 12.6. The molecule has 2 aromatic heterocycles. The molecule has 0 radical (unpaired) electrons. The van der Waals surface area contributed by atoms with Gasteiger partial charge in [0.1, 0.15) is 0 Å². The molecule has 4 rings (SSSR count). The molecule has 0 spiro atoms. The largest absolute Gasteiger partial charge is 0.308 e. The summed E-state index contributed by atoms with van der Waals surface area (Å²) in [4.78, 5) is 12.2. The van der Waals surface area contributed by atoms with E-state index in [0.29, 0.717) is 12.0 Å². The van der Waals surface area contributed by atoms with Crippen LogP contribution in [0, 0.1) is 0 Å². The molecule has 24 heavy (non-hydrogen) atoms. The fourth-order valence-corrected chi connectivity index (χ4v) is 3.63. The predicted molar refractivity (Wildman–Crippen MR) is 91.8 cm³/mol. The lowest BCUT2D eigenvalue weighted by atomic mass is 9.91. The first-order valence-corrected chi connectivity index (χ1v) is 9.01. The van der Waals surface area contributed by atoms with Gasteiger partial charge in [0.2, 0.25) is 0 Å². The molecule has 2 heterocycles. The van der Waals surface area contributed by atoms with Gasteiger partial charge >= 0.3 is 0 Å². The zero-order chi connectivity index (χ0) is 16.5. The van der Waals surface area contributed by atoms with E-state index in [1.54, 1.807) is 10.7 Å². The van der Waals surface area contributed by atoms with E-state index in [-0.39, 0.29) is 11.6 Å². The lowest BCUT2D eigenvalue weighted by molar-refractivity contribution is 0.267. The minimum Gasteiger partial charge on any atom is -0.308 e. The van der Waals surface area contributed by atoms with Crippen molar-refractivity contribution in [3.8, 4) is 0 Å². The molecule has 0 amide bonds. The van der Waals surface area contributed by atoms with Gasteiger partial charge < -0.3 is 5.32 Å². The van der Waals surface area contributed by atoms with E-state index in [9.17, 15) is 4.79 Å². The molecule has 2 aliphatic rings. The number of hydrogen-bond acceptors (Lipinski definition) is 4. The summed E-state index contributed by atoms with van der Waals surface area (Å²) >= 11 is 0. The minimum atomic E-state index is 0.0456. The summed E-state index contributed by atoms with van der Waals surface area (Å²) in [6.45, 7) is 0.811. The van der Waals surface area contributed by atoms with Crippen LogP contribution < -0.4 is 10.9 Å². The summed E-state index contributed by atoms with van der Waals surface area (Å²) in [5.74, 6) is 0.591. The van der Waals surface area contributed by atoms with Crippen LogP contribution in [0.2, 0.25) is 0 Å². The van der Waals surface area contributed by atoms with E-state index in [1.165, 1.54) is 12.8 Å². The fourth-order valence-electron chi connectivity index (χ4n) is 3.63. The highest BCUT2D eigenvalue weighted by atomic mass is 16.1. The third kappa shape index (κ3) is 3.43. The first kappa shape index (κ1) is 15.6. The first-order chi connectivity index (χ1) is 11.7. The molecule has 0 aliphatic heterocycles. The van der Waals surface area contributed by atoms with Crippen LogP contribution in [0.25, 0.3) is 0 Å². The average molecular weight is 327 g/mol.